The van der Waals surface area contributed by atoms with E-state index in [0.29, 0.717) is 17.9 Å². The van der Waals surface area contributed by atoms with E-state index in [-0.39, 0.29) is 0 Å². The van der Waals surface area contributed by atoms with Crippen molar-refractivity contribution in [2.45, 2.75) is 71.3 Å². The minimum atomic E-state index is 0.527. The average molecular weight is 273 g/mol. The normalized spacial score (nSPS) is 17.6. The smallest absolute Gasteiger partial charge is 0.0323 e. The third-order valence-electron chi connectivity index (χ3n) is 4.92. The number of hydrogen-bond donors (Lipinski definition) is 1. The quantitative estimate of drug-likeness (QED) is 0.733. The Morgan fingerprint density at radius 1 is 1.05 bits per heavy atom. The van der Waals surface area contributed by atoms with Crippen LogP contribution < -0.4 is 5.32 Å². The molecule has 1 aliphatic rings. The van der Waals surface area contributed by atoms with Crippen LogP contribution >= 0.6 is 0 Å². The molecular weight excluding hydrogens is 242 g/mol. The average Bonchev–Trinajstić information content (AvgIpc) is 2.37. The first kappa shape index (κ1) is 15.6. The molecule has 1 nitrogen and oxygen atoms in total. The van der Waals surface area contributed by atoms with Crippen LogP contribution in [0.3, 0.4) is 0 Å². The van der Waals surface area contributed by atoms with Crippen molar-refractivity contribution in [3.63, 3.8) is 0 Å². The maximum atomic E-state index is 3.56. The van der Waals surface area contributed by atoms with Crippen LogP contribution in [0, 0.1) is 5.92 Å². The summed E-state index contributed by atoms with van der Waals surface area (Å²) in [5.74, 6) is 2.15. The van der Waals surface area contributed by atoms with Crippen molar-refractivity contribution in [3.05, 3.63) is 34.9 Å². The molecule has 0 aliphatic heterocycles. The summed E-state index contributed by atoms with van der Waals surface area (Å²) < 4.78 is 0. The van der Waals surface area contributed by atoms with Crippen LogP contribution in [0.5, 0.6) is 0 Å². The van der Waals surface area contributed by atoms with Gasteiger partial charge in [0.1, 0.15) is 0 Å². The van der Waals surface area contributed by atoms with E-state index in [2.05, 4.69) is 58.3 Å². The first-order valence-electron chi connectivity index (χ1n) is 8.34. The van der Waals surface area contributed by atoms with Crippen molar-refractivity contribution in [2.75, 3.05) is 7.05 Å². The van der Waals surface area contributed by atoms with Crippen LogP contribution in [0.4, 0.5) is 0 Å². The highest BCUT2D eigenvalue weighted by Crippen LogP contribution is 2.37. The molecular formula is C19H31N. The van der Waals surface area contributed by atoms with Gasteiger partial charge < -0.3 is 5.32 Å². The number of nitrogens with one attached hydrogen (secondary N) is 1. The van der Waals surface area contributed by atoms with E-state index in [1.165, 1.54) is 42.4 Å². The van der Waals surface area contributed by atoms with Crippen molar-refractivity contribution in [1.82, 2.24) is 5.32 Å². The Labute approximate surface area is 125 Å². The molecule has 0 spiro atoms. The summed E-state index contributed by atoms with van der Waals surface area (Å²) in [6.07, 6.45) is 5.60. The monoisotopic (exact) mass is 273 g/mol. The van der Waals surface area contributed by atoms with Gasteiger partial charge in [-0.3, -0.25) is 0 Å². The number of rotatable bonds is 6. The lowest BCUT2D eigenvalue weighted by Crippen LogP contribution is -2.24. The Hall–Kier alpha value is -0.820. The molecule has 0 radical (unpaired) electrons. The molecule has 2 rings (SSSR count). The zero-order valence-corrected chi connectivity index (χ0v) is 13.9. The molecule has 1 aromatic rings. The van der Waals surface area contributed by atoms with Gasteiger partial charge in [-0.25, -0.2) is 0 Å². The Morgan fingerprint density at radius 2 is 1.75 bits per heavy atom. The zero-order chi connectivity index (χ0) is 14.7. The van der Waals surface area contributed by atoms with Crippen LogP contribution in [0.25, 0.3) is 0 Å². The lowest BCUT2D eigenvalue weighted by molar-refractivity contribution is 0.265. The molecule has 20 heavy (non-hydrogen) atoms. The largest absolute Gasteiger partial charge is 0.313 e. The van der Waals surface area contributed by atoms with E-state index >= 15 is 0 Å². The minimum Gasteiger partial charge on any atom is -0.313 e. The van der Waals surface area contributed by atoms with Crippen molar-refractivity contribution < 1.29 is 0 Å². The van der Waals surface area contributed by atoms with E-state index < -0.39 is 0 Å². The van der Waals surface area contributed by atoms with E-state index in [1.807, 2.05) is 0 Å². The second kappa shape index (κ2) is 6.76. The first-order valence-corrected chi connectivity index (χ1v) is 8.34. The third-order valence-corrected chi connectivity index (χ3v) is 4.92. The van der Waals surface area contributed by atoms with Crippen LogP contribution in [0.1, 0.15) is 87.9 Å². The van der Waals surface area contributed by atoms with Gasteiger partial charge in [-0.1, -0.05) is 65.2 Å². The second-order valence-electron chi connectivity index (χ2n) is 7.07. The molecule has 112 valence electrons. The summed E-state index contributed by atoms with van der Waals surface area (Å²) >= 11 is 0. The van der Waals surface area contributed by atoms with Gasteiger partial charge in [0, 0.05) is 6.04 Å². The standard InChI is InChI=1S/C19H31N/c1-13(2)16-9-10-17(18(12-16)14(3)4)19(20-5)11-15-7-6-8-15/h9-10,12-15,19-20H,6-8,11H2,1-5H3. The van der Waals surface area contributed by atoms with Gasteiger partial charge in [-0.05, 0) is 47.9 Å². The molecule has 1 fully saturated rings. The molecule has 1 aliphatic carbocycles. The molecule has 1 N–H and O–H groups in total. The Balaban J connectivity index is 2.27. The van der Waals surface area contributed by atoms with Crippen LogP contribution in [0.2, 0.25) is 0 Å². The minimum absolute atomic E-state index is 0.527. The molecule has 1 aromatic carbocycles. The summed E-state index contributed by atoms with van der Waals surface area (Å²) in [5.41, 5.74) is 4.53. The van der Waals surface area contributed by atoms with E-state index in [9.17, 15) is 0 Å². The maximum Gasteiger partial charge on any atom is 0.0323 e. The van der Waals surface area contributed by atoms with Gasteiger partial charge in [0.25, 0.3) is 0 Å². The van der Waals surface area contributed by atoms with Crippen LogP contribution in [-0.4, -0.2) is 7.05 Å². The fraction of sp³-hybridized carbons (Fsp3) is 0.684. The van der Waals surface area contributed by atoms with Crippen LogP contribution in [0.15, 0.2) is 18.2 Å². The summed E-state index contributed by atoms with van der Waals surface area (Å²) in [6, 6.07) is 7.68. The van der Waals surface area contributed by atoms with Crippen molar-refractivity contribution in [2.24, 2.45) is 5.92 Å². The van der Waals surface area contributed by atoms with Crippen LogP contribution in [-0.2, 0) is 0 Å². The Bertz CT molecular complexity index is 429. The Kier molecular flexibility index (Phi) is 5.26. The van der Waals surface area contributed by atoms with Gasteiger partial charge in [0.05, 0.1) is 0 Å². The summed E-state index contributed by atoms with van der Waals surface area (Å²) in [4.78, 5) is 0. The second-order valence-corrected chi connectivity index (χ2v) is 7.07. The molecule has 1 heteroatoms. The molecule has 0 saturated heterocycles. The molecule has 1 atom stereocenters. The third kappa shape index (κ3) is 3.44. The molecule has 0 heterocycles. The predicted molar refractivity (Wildman–Crippen MR) is 88.4 cm³/mol. The fourth-order valence-electron chi connectivity index (χ4n) is 3.23. The first-order chi connectivity index (χ1) is 9.52. The highest BCUT2D eigenvalue weighted by atomic mass is 14.9. The Morgan fingerprint density at radius 3 is 2.20 bits per heavy atom. The zero-order valence-electron chi connectivity index (χ0n) is 13.9. The van der Waals surface area contributed by atoms with Gasteiger partial charge in [0.2, 0.25) is 0 Å². The number of hydrogen-bond acceptors (Lipinski definition) is 1. The van der Waals surface area contributed by atoms with Gasteiger partial charge in [-0.15, -0.1) is 0 Å². The fourth-order valence-corrected chi connectivity index (χ4v) is 3.23. The lowest BCUT2D eigenvalue weighted by Gasteiger charge is -2.31. The predicted octanol–water partition coefficient (Wildman–Crippen LogP) is 5.38. The van der Waals surface area contributed by atoms with Gasteiger partial charge >= 0.3 is 0 Å². The van der Waals surface area contributed by atoms with Crippen molar-refractivity contribution in [1.29, 1.82) is 0 Å². The van der Waals surface area contributed by atoms with Gasteiger partial charge in [0.15, 0.2) is 0 Å². The SMILES string of the molecule is CNC(CC1CCC1)c1ccc(C(C)C)cc1C(C)C. The summed E-state index contributed by atoms with van der Waals surface area (Å²) in [5, 5.41) is 3.56. The molecule has 0 bridgehead atoms. The van der Waals surface area contributed by atoms with Crippen molar-refractivity contribution in [3.8, 4) is 0 Å². The summed E-state index contributed by atoms with van der Waals surface area (Å²) in [6.45, 7) is 9.20. The summed E-state index contributed by atoms with van der Waals surface area (Å²) in [7, 11) is 2.11. The van der Waals surface area contributed by atoms with E-state index in [1.54, 1.807) is 0 Å². The molecule has 0 aromatic heterocycles. The molecule has 1 saturated carbocycles. The lowest BCUT2D eigenvalue weighted by atomic mass is 9.78. The molecule has 0 amide bonds. The van der Waals surface area contributed by atoms with E-state index in [0.717, 1.165) is 5.92 Å². The van der Waals surface area contributed by atoms with Gasteiger partial charge in [-0.2, -0.15) is 0 Å². The topological polar surface area (TPSA) is 12.0 Å². The maximum absolute atomic E-state index is 3.56. The number of benzene rings is 1. The highest BCUT2D eigenvalue weighted by Gasteiger charge is 2.24. The highest BCUT2D eigenvalue weighted by molar-refractivity contribution is 5.37. The van der Waals surface area contributed by atoms with E-state index in [4.69, 9.17) is 0 Å². The molecule has 1 unspecified atom stereocenters. The van der Waals surface area contributed by atoms with Crippen molar-refractivity contribution >= 4 is 0 Å².